The maximum Gasteiger partial charge on any atom is 0.276 e. The second kappa shape index (κ2) is 8.65. The van der Waals surface area contributed by atoms with E-state index in [4.69, 9.17) is 5.73 Å². The maximum atomic E-state index is 13.1. The Balaban J connectivity index is 0.00000150. The lowest BCUT2D eigenvalue weighted by Crippen LogP contribution is -2.54. The van der Waals surface area contributed by atoms with Crippen molar-refractivity contribution in [1.29, 1.82) is 0 Å². The third-order valence-electron chi connectivity index (χ3n) is 5.54. The largest absolute Gasteiger partial charge is 0.337 e. The van der Waals surface area contributed by atoms with Crippen LogP contribution in [0.15, 0.2) is 36.5 Å². The van der Waals surface area contributed by atoms with Crippen LogP contribution < -0.4 is 5.73 Å². The van der Waals surface area contributed by atoms with Gasteiger partial charge in [-0.2, -0.15) is 0 Å². The molecule has 156 valence electrons. The Bertz CT molecular complexity index is 1010. The minimum atomic E-state index is -0.114. The van der Waals surface area contributed by atoms with Gasteiger partial charge in [0.25, 0.3) is 5.91 Å². The highest BCUT2D eigenvalue weighted by molar-refractivity contribution is 5.94. The SMILES string of the molecule is Cc1c(C(=O)N2CCC(N)C(C)(C)C2)nnn1-c1cccc2cccnc12.Cl.Cl. The number of benzene rings is 1. The summed E-state index contributed by atoms with van der Waals surface area (Å²) in [6, 6.07) is 9.90. The number of fused-ring (bicyclic) bond motifs is 1. The molecule has 9 heteroatoms. The topological polar surface area (TPSA) is 89.9 Å². The fourth-order valence-corrected chi connectivity index (χ4v) is 3.71. The quantitative estimate of drug-likeness (QED) is 0.665. The van der Waals surface area contributed by atoms with E-state index in [9.17, 15) is 4.79 Å². The van der Waals surface area contributed by atoms with Crippen LogP contribution in [0.25, 0.3) is 16.6 Å². The van der Waals surface area contributed by atoms with Gasteiger partial charge >= 0.3 is 0 Å². The fraction of sp³-hybridized carbons (Fsp3) is 0.400. The number of aromatic nitrogens is 4. The van der Waals surface area contributed by atoms with Gasteiger partial charge in [0.2, 0.25) is 0 Å². The van der Waals surface area contributed by atoms with Gasteiger partial charge in [0.15, 0.2) is 5.69 Å². The molecule has 0 spiro atoms. The van der Waals surface area contributed by atoms with Crippen molar-refractivity contribution in [3.63, 3.8) is 0 Å². The van der Waals surface area contributed by atoms with Crippen molar-refractivity contribution in [2.45, 2.75) is 33.2 Å². The van der Waals surface area contributed by atoms with Crippen LogP contribution in [0.3, 0.4) is 0 Å². The Morgan fingerprint density at radius 1 is 1.21 bits per heavy atom. The van der Waals surface area contributed by atoms with E-state index >= 15 is 0 Å². The zero-order chi connectivity index (χ0) is 19.2. The molecule has 1 atom stereocenters. The van der Waals surface area contributed by atoms with E-state index in [1.54, 1.807) is 10.9 Å². The van der Waals surface area contributed by atoms with E-state index in [-0.39, 0.29) is 42.2 Å². The Hall–Kier alpha value is -2.22. The van der Waals surface area contributed by atoms with Gasteiger partial charge < -0.3 is 10.6 Å². The molecule has 2 aromatic heterocycles. The van der Waals surface area contributed by atoms with E-state index in [0.717, 1.165) is 23.0 Å². The number of pyridine rings is 1. The van der Waals surface area contributed by atoms with Crippen LogP contribution in [0, 0.1) is 12.3 Å². The summed E-state index contributed by atoms with van der Waals surface area (Å²) in [5.41, 5.74) is 8.83. The van der Waals surface area contributed by atoms with Gasteiger partial charge in [-0.3, -0.25) is 9.78 Å². The molecule has 1 amide bonds. The van der Waals surface area contributed by atoms with Gasteiger partial charge in [0.1, 0.15) is 0 Å². The number of halogens is 2. The minimum absolute atomic E-state index is 0. The van der Waals surface area contributed by atoms with Crippen molar-refractivity contribution in [3.05, 3.63) is 47.9 Å². The summed E-state index contributed by atoms with van der Waals surface area (Å²) in [6.45, 7) is 7.34. The van der Waals surface area contributed by atoms with E-state index < -0.39 is 0 Å². The normalized spacial score (nSPS) is 18.1. The molecule has 0 aliphatic carbocycles. The van der Waals surface area contributed by atoms with Gasteiger partial charge in [0, 0.05) is 30.7 Å². The smallest absolute Gasteiger partial charge is 0.276 e. The monoisotopic (exact) mass is 436 g/mol. The molecule has 29 heavy (non-hydrogen) atoms. The molecule has 4 rings (SSSR count). The molecule has 3 heterocycles. The van der Waals surface area contributed by atoms with Crippen molar-refractivity contribution in [1.82, 2.24) is 24.9 Å². The van der Waals surface area contributed by atoms with Crippen molar-refractivity contribution in [3.8, 4) is 5.69 Å². The molecule has 2 N–H and O–H groups in total. The van der Waals surface area contributed by atoms with Gasteiger partial charge in [-0.15, -0.1) is 29.9 Å². The molecule has 1 unspecified atom stereocenters. The van der Waals surface area contributed by atoms with Crippen LogP contribution in [-0.2, 0) is 0 Å². The standard InChI is InChI=1S/C20H24N6O.2ClH/c1-13-17(19(27)25-11-9-16(21)20(2,3)12-25)23-24-26(13)15-8-4-6-14-7-5-10-22-18(14)15;;/h4-8,10,16H,9,11-12,21H2,1-3H3;2*1H. The van der Waals surface area contributed by atoms with Crippen LogP contribution in [0.4, 0.5) is 0 Å². The van der Waals surface area contributed by atoms with Crippen molar-refractivity contribution in [2.75, 3.05) is 13.1 Å². The number of carbonyl (C=O) groups excluding carboxylic acids is 1. The number of likely N-dealkylation sites (tertiary alicyclic amines) is 1. The summed E-state index contributed by atoms with van der Waals surface area (Å²) in [4.78, 5) is 19.4. The Morgan fingerprint density at radius 2 is 1.93 bits per heavy atom. The van der Waals surface area contributed by atoms with Crippen LogP contribution in [0.5, 0.6) is 0 Å². The number of amides is 1. The summed E-state index contributed by atoms with van der Waals surface area (Å²) in [6.07, 6.45) is 2.54. The molecular formula is C20H26Cl2N6O. The first kappa shape index (κ1) is 23.1. The highest BCUT2D eigenvalue weighted by atomic mass is 35.5. The summed E-state index contributed by atoms with van der Waals surface area (Å²) in [7, 11) is 0. The van der Waals surface area contributed by atoms with Crippen molar-refractivity contribution in [2.24, 2.45) is 11.1 Å². The third-order valence-corrected chi connectivity index (χ3v) is 5.54. The average molecular weight is 437 g/mol. The predicted molar refractivity (Wildman–Crippen MR) is 118 cm³/mol. The fourth-order valence-electron chi connectivity index (χ4n) is 3.71. The van der Waals surface area contributed by atoms with Crippen LogP contribution >= 0.6 is 24.8 Å². The lowest BCUT2D eigenvalue weighted by Gasteiger charge is -2.42. The second-order valence-electron chi connectivity index (χ2n) is 7.90. The van der Waals surface area contributed by atoms with E-state index in [2.05, 4.69) is 29.1 Å². The van der Waals surface area contributed by atoms with Crippen LogP contribution in [0.2, 0.25) is 0 Å². The molecule has 7 nitrogen and oxygen atoms in total. The first-order valence-electron chi connectivity index (χ1n) is 9.20. The second-order valence-corrected chi connectivity index (χ2v) is 7.90. The number of rotatable bonds is 2. The number of hydrogen-bond acceptors (Lipinski definition) is 5. The molecule has 0 radical (unpaired) electrons. The Morgan fingerprint density at radius 3 is 2.66 bits per heavy atom. The maximum absolute atomic E-state index is 13.1. The molecule has 0 bridgehead atoms. The highest BCUT2D eigenvalue weighted by Gasteiger charge is 2.36. The van der Waals surface area contributed by atoms with Gasteiger partial charge in [-0.05, 0) is 30.9 Å². The molecule has 1 aromatic carbocycles. The number of para-hydroxylation sites is 1. The minimum Gasteiger partial charge on any atom is -0.337 e. The van der Waals surface area contributed by atoms with Crippen LogP contribution in [-0.4, -0.2) is 49.9 Å². The van der Waals surface area contributed by atoms with Gasteiger partial charge in [0.05, 0.1) is 16.9 Å². The first-order valence-corrected chi connectivity index (χ1v) is 9.20. The highest BCUT2D eigenvalue weighted by Crippen LogP contribution is 2.29. The summed E-state index contributed by atoms with van der Waals surface area (Å²) in [5, 5.41) is 9.48. The molecule has 3 aromatic rings. The van der Waals surface area contributed by atoms with E-state index in [1.807, 2.05) is 42.2 Å². The predicted octanol–water partition coefficient (Wildman–Crippen LogP) is 3.17. The summed E-state index contributed by atoms with van der Waals surface area (Å²) in [5.74, 6) is -0.0908. The zero-order valence-corrected chi connectivity index (χ0v) is 18.3. The molecule has 1 aliphatic heterocycles. The molecule has 1 aliphatic rings. The summed E-state index contributed by atoms with van der Waals surface area (Å²) < 4.78 is 1.70. The average Bonchev–Trinajstić information content (AvgIpc) is 3.04. The molecule has 1 saturated heterocycles. The van der Waals surface area contributed by atoms with Crippen molar-refractivity contribution < 1.29 is 4.79 Å². The lowest BCUT2D eigenvalue weighted by atomic mass is 9.79. The number of piperidine rings is 1. The van der Waals surface area contributed by atoms with Gasteiger partial charge in [-0.1, -0.05) is 37.3 Å². The van der Waals surface area contributed by atoms with Gasteiger partial charge in [-0.25, -0.2) is 4.68 Å². The van der Waals surface area contributed by atoms with Crippen LogP contribution in [0.1, 0.15) is 36.5 Å². The number of nitrogens with two attached hydrogens (primary N) is 1. The third kappa shape index (κ3) is 4.08. The molecular weight excluding hydrogens is 411 g/mol. The first-order chi connectivity index (χ1) is 12.9. The number of carbonyl (C=O) groups is 1. The Labute approximate surface area is 182 Å². The summed E-state index contributed by atoms with van der Waals surface area (Å²) >= 11 is 0. The number of nitrogens with zero attached hydrogens (tertiary/aromatic N) is 5. The molecule has 1 fully saturated rings. The van der Waals surface area contributed by atoms with E-state index in [0.29, 0.717) is 24.5 Å². The zero-order valence-electron chi connectivity index (χ0n) is 16.7. The van der Waals surface area contributed by atoms with Crippen molar-refractivity contribution >= 4 is 41.6 Å². The lowest BCUT2D eigenvalue weighted by molar-refractivity contribution is 0.0526. The van der Waals surface area contributed by atoms with E-state index in [1.165, 1.54) is 0 Å². The number of hydrogen-bond donors (Lipinski definition) is 1. The molecule has 0 saturated carbocycles. The Kier molecular flexibility index (Phi) is 6.88.